The molecule has 0 saturated heterocycles. The minimum absolute atomic E-state index is 0.285. The molecule has 0 spiro atoms. The van der Waals surface area contributed by atoms with Crippen molar-refractivity contribution in [3.8, 4) is 5.69 Å². The van der Waals surface area contributed by atoms with Crippen molar-refractivity contribution in [1.29, 1.82) is 0 Å². The minimum Gasteiger partial charge on any atom is -0.377 e. The van der Waals surface area contributed by atoms with Gasteiger partial charge in [0.05, 0.1) is 17.0 Å². The molecule has 2 aromatic carbocycles. The summed E-state index contributed by atoms with van der Waals surface area (Å²) in [6.45, 7) is 0.592. The number of aromatic nitrogens is 3. The summed E-state index contributed by atoms with van der Waals surface area (Å²) in [4.78, 5) is 4.65. The first kappa shape index (κ1) is 16.1. The predicted octanol–water partition coefficient (Wildman–Crippen LogP) is 3.67. The zero-order valence-electron chi connectivity index (χ0n) is 13.4. The molecule has 3 aromatic rings. The molecular formula is C18H14BrFN4O. The molecule has 7 heteroatoms. The molecule has 0 N–H and O–H groups in total. The first-order valence-corrected chi connectivity index (χ1v) is 8.50. The van der Waals surface area contributed by atoms with Gasteiger partial charge in [0.15, 0.2) is 11.6 Å². The van der Waals surface area contributed by atoms with E-state index in [9.17, 15) is 4.39 Å². The molecule has 1 aliphatic heterocycles. The summed E-state index contributed by atoms with van der Waals surface area (Å²) >= 11 is 3.54. The number of benzene rings is 2. The summed E-state index contributed by atoms with van der Waals surface area (Å²) in [5, 5.41) is 8.37. The Bertz CT molecular complexity index is 983. The molecule has 0 radical (unpaired) electrons. The maximum absolute atomic E-state index is 14.9. The lowest BCUT2D eigenvalue weighted by Gasteiger charge is -2.14. The lowest BCUT2D eigenvalue weighted by Crippen LogP contribution is -2.12. The Labute approximate surface area is 152 Å². The largest absolute Gasteiger partial charge is 0.377 e. The van der Waals surface area contributed by atoms with E-state index in [4.69, 9.17) is 4.74 Å². The van der Waals surface area contributed by atoms with Gasteiger partial charge in [0.1, 0.15) is 19.0 Å². The van der Waals surface area contributed by atoms with Crippen molar-refractivity contribution in [2.45, 2.75) is 13.2 Å². The molecule has 0 amide bonds. The smallest absolute Gasteiger partial charge is 0.163 e. The third kappa shape index (κ3) is 2.69. The van der Waals surface area contributed by atoms with Crippen LogP contribution in [0.15, 0.2) is 51.9 Å². The Hall–Kier alpha value is -2.38. The monoisotopic (exact) mass is 400 g/mol. The zero-order chi connectivity index (χ0) is 17.4. The van der Waals surface area contributed by atoms with Crippen LogP contribution < -0.4 is 0 Å². The molecule has 1 aromatic heterocycles. The Kier molecular flexibility index (Phi) is 4.19. The first-order chi connectivity index (χ1) is 12.2. The fourth-order valence-corrected chi connectivity index (χ4v) is 3.46. The molecule has 4 rings (SSSR count). The van der Waals surface area contributed by atoms with Gasteiger partial charge in [-0.05, 0) is 18.2 Å². The molecule has 0 aliphatic carbocycles. The Morgan fingerprint density at radius 1 is 1.16 bits per heavy atom. The topological polar surface area (TPSA) is 52.3 Å². The average molecular weight is 401 g/mol. The number of ether oxygens (including phenoxy) is 1. The second-order valence-electron chi connectivity index (χ2n) is 5.58. The molecule has 1 aliphatic rings. The molecule has 25 heavy (non-hydrogen) atoms. The summed E-state index contributed by atoms with van der Waals surface area (Å²) in [6, 6.07) is 12.6. The molecule has 0 unspecified atom stereocenters. The van der Waals surface area contributed by atoms with E-state index in [-0.39, 0.29) is 12.4 Å². The van der Waals surface area contributed by atoms with E-state index < -0.39 is 0 Å². The predicted molar refractivity (Wildman–Crippen MR) is 95.5 cm³/mol. The van der Waals surface area contributed by atoms with Crippen molar-refractivity contribution in [1.82, 2.24) is 14.8 Å². The molecular weight excluding hydrogens is 387 g/mol. The molecule has 126 valence electrons. The van der Waals surface area contributed by atoms with Crippen molar-refractivity contribution in [2.24, 2.45) is 4.99 Å². The van der Waals surface area contributed by atoms with Gasteiger partial charge in [-0.15, -0.1) is 10.2 Å². The second-order valence-corrected chi connectivity index (χ2v) is 6.43. The van der Waals surface area contributed by atoms with E-state index in [0.717, 1.165) is 10.0 Å². The maximum atomic E-state index is 14.9. The lowest BCUT2D eigenvalue weighted by molar-refractivity contribution is 0.176. The summed E-state index contributed by atoms with van der Waals surface area (Å²) in [6.07, 6.45) is 0. The van der Waals surface area contributed by atoms with Gasteiger partial charge in [0, 0.05) is 17.1 Å². The van der Waals surface area contributed by atoms with Gasteiger partial charge in [-0.1, -0.05) is 40.2 Å². The summed E-state index contributed by atoms with van der Waals surface area (Å²) < 4.78 is 22.8. The van der Waals surface area contributed by atoms with Crippen LogP contribution in [0.1, 0.15) is 22.8 Å². The highest BCUT2D eigenvalue weighted by Gasteiger charge is 2.26. The normalized spacial score (nSPS) is 13.0. The van der Waals surface area contributed by atoms with E-state index in [1.165, 1.54) is 6.07 Å². The van der Waals surface area contributed by atoms with Crippen molar-refractivity contribution in [2.75, 3.05) is 7.11 Å². The number of halogens is 2. The SMILES string of the molecule is COCc1nnc2n1-c1cccc(F)c1C(c1ccccc1Br)=NC2. The second kappa shape index (κ2) is 6.50. The molecule has 5 nitrogen and oxygen atoms in total. The fraction of sp³-hybridized carbons (Fsp3) is 0.167. The van der Waals surface area contributed by atoms with E-state index in [1.54, 1.807) is 13.2 Å². The van der Waals surface area contributed by atoms with Gasteiger partial charge in [-0.2, -0.15) is 0 Å². The number of hydrogen-bond donors (Lipinski definition) is 0. The van der Waals surface area contributed by atoms with E-state index in [1.807, 2.05) is 34.9 Å². The van der Waals surface area contributed by atoms with Crippen molar-refractivity contribution in [3.05, 3.63) is 75.5 Å². The number of hydrogen-bond acceptors (Lipinski definition) is 4. The summed E-state index contributed by atoms with van der Waals surface area (Å²) in [5.41, 5.74) is 2.53. The van der Waals surface area contributed by atoms with Gasteiger partial charge in [-0.25, -0.2) is 4.39 Å². The first-order valence-electron chi connectivity index (χ1n) is 7.71. The highest BCUT2D eigenvalue weighted by molar-refractivity contribution is 9.10. The number of methoxy groups -OCH3 is 1. The lowest BCUT2D eigenvalue weighted by atomic mass is 10.00. The number of rotatable bonds is 3. The summed E-state index contributed by atoms with van der Waals surface area (Å²) in [7, 11) is 1.59. The fourth-order valence-electron chi connectivity index (χ4n) is 2.99. The van der Waals surface area contributed by atoms with Crippen LogP contribution >= 0.6 is 15.9 Å². The number of fused-ring (bicyclic) bond motifs is 3. The van der Waals surface area contributed by atoms with Crippen LogP contribution in [-0.4, -0.2) is 27.6 Å². The van der Waals surface area contributed by atoms with E-state index >= 15 is 0 Å². The molecule has 0 bridgehead atoms. The van der Waals surface area contributed by atoms with Crippen molar-refractivity contribution >= 4 is 21.6 Å². The van der Waals surface area contributed by atoms with Crippen LogP contribution in [0.25, 0.3) is 5.69 Å². The van der Waals surface area contributed by atoms with Gasteiger partial charge in [0.2, 0.25) is 0 Å². The molecule has 2 heterocycles. The Balaban J connectivity index is 2.00. The quantitative estimate of drug-likeness (QED) is 0.673. The number of nitrogens with zero attached hydrogens (tertiary/aromatic N) is 4. The van der Waals surface area contributed by atoms with Gasteiger partial charge < -0.3 is 4.74 Å². The van der Waals surface area contributed by atoms with Crippen molar-refractivity contribution < 1.29 is 9.13 Å². The standard InChI is InChI=1S/C18H14BrFN4O/c1-25-10-16-23-22-15-9-21-18(11-5-2-3-6-12(11)19)17-13(20)7-4-8-14(17)24(15)16/h2-8H,9-10H2,1H3. The molecule has 0 fully saturated rings. The van der Waals surface area contributed by atoms with Crippen LogP contribution in [0.2, 0.25) is 0 Å². The highest BCUT2D eigenvalue weighted by atomic mass is 79.9. The van der Waals surface area contributed by atoms with E-state index in [0.29, 0.717) is 35.2 Å². The van der Waals surface area contributed by atoms with Crippen LogP contribution in [0, 0.1) is 5.82 Å². The average Bonchev–Trinajstić information content (AvgIpc) is 2.92. The van der Waals surface area contributed by atoms with Crippen LogP contribution in [0.3, 0.4) is 0 Å². The molecule has 0 atom stereocenters. The summed E-state index contributed by atoms with van der Waals surface area (Å²) in [5.74, 6) is 0.936. The number of aliphatic imine (C=N–C) groups is 1. The van der Waals surface area contributed by atoms with Gasteiger partial charge >= 0.3 is 0 Å². The molecule has 0 saturated carbocycles. The Morgan fingerprint density at radius 2 is 2.00 bits per heavy atom. The van der Waals surface area contributed by atoms with E-state index in [2.05, 4.69) is 31.1 Å². The van der Waals surface area contributed by atoms with Crippen LogP contribution in [0.4, 0.5) is 4.39 Å². The third-order valence-corrected chi connectivity index (χ3v) is 4.74. The third-order valence-electron chi connectivity index (χ3n) is 4.05. The van der Waals surface area contributed by atoms with Gasteiger partial charge in [-0.3, -0.25) is 9.56 Å². The Morgan fingerprint density at radius 3 is 2.80 bits per heavy atom. The zero-order valence-corrected chi connectivity index (χ0v) is 15.0. The maximum Gasteiger partial charge on any atom is 0.163 e. The highest BCUT2D eigenvalue weighted by Crippen LogP contribution is 2.30. The minimum atomic E-state index is -0.336. The van der Waals surface area contributed by atoms with Crippen molar-refractivity contribution in [3.63, 3.8) is 0 Å². The van der Waals surface area contributed by atoms with Gasteiger partial charge in [0.25, 0.3) is 0 Å². The van der Waals surface area contributed by atoms with Crippen LogP contribution in [0.5, 0.6) is 0 Å². The van der Waals surface area contributed by atoms with Crippen LogP contribution in [-0.2, 0) is 17.9 Å².